The van der Waals surface area contributed by atoms with E-state index < -0.39 is 10.8 Å². The molecule has 0 saturated carbocycles. The summed E-state index contributed by atoms with van der Waals surface area (Å²) in [7, 11) is 0. The number of hydrogen-bond acceptors (Lipinski definition) is 5. The number of nitro groups is 1. The maximum Gasteiger partial charge on any atom is 0.277 e. The van der Waals surface area contributed by atoms with Crippen LogP contribution >= 0.6 is 0 Å². The second-order valence-corrected chi connectivity index (χ2v) is 5.82. The van der Waals surface area contributed by atoms with Crippen molar-refractivity contribution in [2.75, 3.05) is 6.61 Å². The first-order valence-corrected chi connectivity index (χ1v) is 8.46. The second kappa shape index (κ2) is 9.09. The van der Waals surface area contributed by atoms with Crippen LogP contribution in [0.25, 0.3) is 11.1 Å². The lowest BCUT2D eigenvalue weighted by Crippen LogP contribution is -2.24. The van der Waals surface area contributed by atoms with E-state index in [1.165, 1.54) is 18.3 Å². The van der Waals surface area contributed by atoms with Gasteiger partial charge in [-0.1, -0.05) is 42.5 Å². The first kappa shape index (κ1) is 18.8. The molecule has 7 nitrogen and oxygen atoms in total. The maximum atomic E-state index is 11.8. The number of non-ortho nitro benzene ring substituents is 1. The van der Waals surface area contributed by atoms with Gasteiger partial charge in [0.15, 0.2) is 6.61 Å². The highest BCUT2D eigenvalue weighted by atomic mass is 16.6. The molecule has 3 rings (SSSR count). The highest BCUT2D eigenvalue weighted by Crippen LogP contribution is 2.21. The number of hydrazone groups is 1. The average Bonchev–Trinajstić information content (AvgIpc) is 2.73. The molecule has 0 fully saturated rings. The number of nitro benzene ring substituents is 1. The summed E-state index contributed by atoms with van der Waals surface area (Å²) >= 11 is 0. The topological polar surface area (TPSA) is 93.8 Å². The smallest absolute Gasteiger partial charge is 0.277 e. The summed E-state index contributed by atoms with van der Waals surface area (Å²) in [6.45, 7) is -0.178. The SMILES string of the molecule is O=C(COc1ccc(-c2ccccc2)cc1)NN=Cc1ccc([N+](=O)[O-])cc1. The predicted molar refractivity (Wildman–Crippen MR) is 106 cm³/mol. The Kier molecular flexibility index (Phi) is 6.10. The first-order chi connectivity index (χ1) is 13.6. The van der Waals surface area contributed by atoms with Gasteiger partial charge in [0, 0.05) is 12.1 Å². The molecule has 0 radical (unpaired) electrons. The van der Waals surface area contributed by atoms with Crippen LogP contribution in [0.5, 0.6) is 5.75 Å². The quantitative estimate of drug-likeness (QED) is 0.386. The van der Waals surface area contributed by atoms with Crippen LogP contribution in [0.15, 0.2) is 84.0 Å². The number of amides is 1. The van der Waals surface area contributed by atoms with E-state index in [9.17, 15) is 14.9 Å². The fourth-order valence-corrected chi connectivity index (χ4v) is 2.42. The lowest BCUT2D eigenvalue weighted by atomic mass is 10.1. The highest BCUT2D eigenvalue weighted by molar-refractivity contribution is 5.83. The van der Waals surface area contributed by atoms with Crippen molar-refractivity contribution >= 4 is 17.8 Å². The normalized spacial score (nSPS) is 10.6. The molecule has 0 aliphatic heterocycles. The van der Waals surface area contributed by atoms with Crippen molar-refractivity contribution < 1.29 is 14.5 Å². The fourth-order valence-electron chi connectivity index (χ4n) is 2.42. The van der Waals surface area contributed by atoms with Gasteiger partial charge in [0.2, 0.25) is 0 Å². The molecule has 0 unspecified atom stereocenters. The van der Waals surface area contributed by atoms with Crippen LogP contribution in [-0.4, -0.2) is 23.7 Å². The number of carbonyl (C=O) groups is 1. The Morgan fingerprint density at radius 2 is 1.61 bits per heavy atom. The predicted octanol–water partition coefficient (Wildman–Crippen LogP) is 3.79. The third-order valence-corrected chi connectivity index (χ3v) is 3.84. The zero-order chi connectivity index (χ0) is 19.8. The lowest BCUT2D eigenvalue weighted by molar-refractivity contribution is -0.384. The molecule has 140 valence electrons. The molecule has 7 heteroatoms. The van der Waals surface area contributed by atoms with Crippen molar-refractivity contribution in [3.05, 3.63) is 94.5 Å². The van der Waals surface area contributed by atoms with Gasteiger partial charge in [-0.3, -0.25) is 14.9 Å². The summed E-state index contributed by atoms with van der Waals surface area (Å²) in [5.41, 5.74) is 5.13. The maximum absolute atomic E-state index is 11.8. The minimum Gasteiger partial charge on any atom is -0.484 e. The number of hydrogen-bond donors (Lipinski definition) is 1. The van der Waals surface area contributed by atoms with Gasteiger partial charge in [-0.15, -0.1) is 0 Å². The molecule has 3 aromatic rings. The largest absolute Gasteiger partial charge is 0.484 e. The van der Waals surface area contributed by atoms with Gasteiger partial charge < -0.3 is 4.74 Å². The van der Waals surface area contributed by atoms with Crippen molar-refractivity contribution in [1.82, 2.24) is 5.43 Å². The van der Waals surface area contributed by atoms with E-state index in [1.54, 1.807) is 24.3 Å². The minimum atomic E-state index is -0.480. The summed E-state index contributed by atoms with van der Waals surface area (Å²) in [6, 6.07) is 23.2. The Morgan fingerprint density at radius 3 is 2.25 bits per heavy atom. The van der Waals surface area contributed by atoms with E-state index in [1.807, 2.05) is 42.5 Å². The average molecular weight is 375 g/mol. The number of nitrogens with one attached hydrogen (secondary N) is 1. The molecule has 0 heterocycles. The molecular formula is C21H17N3O4. The Balaban J connectivity index is 1.47. The van der Waals surface area contributed by atoms with Gasteiger partial charge in [-0.05, 0) is 41.0 Å². The van der Waals surface area contributed by atoms with Crippen molar-refractivity contribution in [3.63, 3.8) is 0 Å². The molecule has 0 bridgehead atoms. The monoisotopic (exact) mass is 375 g/mol. The molecule has 0 aliphatic rings. The Hall–Kier alpha value is -4.00. The standard InChI is InChI=1S/C21H17N3O4/c25-21(23-22-14-16-6-10-19(11-7-16)24(26)27)15-28-20-12-8-18(9-13-20)17-4-2-1-3-5-17/h1-14H,15H2,(H,23,25). The Bertz CT molecular complexity index is 969. The van der Waals surface area contributed by atoms with Crippen LogP contribution in [0.3, 0.4) is 0 Å². The van der Waals surface area contributed by atoms with E-state index in [4.69, 9.17) is 4.74 Å². The molecule has 0 atom stereocenters. The van der Waals surface area contributed by atoms with Crippen molar-refractivity contribution in [2.24, 2.45) is 5.10 Å². The second-order valence-electron chi connectivity index (χ2n) is 5.82. The number of nitrogens with zero attached hydrogens (tertiary/aromatic N) is 2. The number of benzene rings is 3. The van der Waals surface area contributed by atoms with E-state index in [0.29, 0.717) is 11.3 Å². The molecule has 1 N–H and O–H groups in total. The van der Waals surface area contributed by atoms with Crippen LogP contribution < -0.4 is 10.2 Å². The number of rotatable bonds is 7. The third kappa shape index (κ3) is 5.25. The fraction of sp³-hybridized carbons (Fsp3) is 0.0476. The summed E-state index contributed by atoms with van der Waals surface area (Å²) in [5.74, 6) is 0.166. The highest BCUT2D eigenvalue weighted by Gasteiger charge is 2.04. The van der Waals surface area contributed by atoms with Crippen LogP contribution in [0.4, 0.5) is 5.69 Å². The van der Waals surface area contributed by atoms with Crippen LogP contribution in [0, 0.1) is 10.1 Å². The zero-order valence-electron chi connectivity index (χ0n) is 14.8. The van der Waals surface area contributed by atoms with Gasteiger partial charge in [0.25, 0.3) is 11.6 Å². The van der Waals surface area contributed by atoms with E-state index >= 15 is 0 Å². The molecule has 3 aromatic carbocycles. The third-order valence-electron chi connectivity index (χ3n) is 3.84. The number of ether oxygens (including phenoxy) is 1. The molecule has 1 amide bonds. The minimum absolute atomic E-state index is 0.00660. The van der Waals surface area contributed by atoms with E-state index in [0.717, 1.165) is 11.1 Å². The van der Waals surface area contributed by atoms with E-state index in [-0.39, 0.29) is 12.3 Å². The molecule has 0 aromatic heterocycles. The van der Waals surface area contributed by atoms with Crippen molar-refractivity contribution in [2.45, 2.75) is 0 Å². The molecule has 0 aliphatic carbocycles. The van der Waals surface area contributed by atoms with Gasteiger partial charge in [-0.25, -0.2) is 5.43 Å². The summed E-state index contributed by atoms with van der Waals surface area (Å²) in [6.07, 6.45) is 1.40. The molecule has 0 spiro atoms. The molecule has 28 heavy (non-hydrogen) atoms. The van der Waals surface area contributed by atoms with Crippen LogP contribution in [-0.2, 0) is 4.79 Å². The molecular weight excluding hydrogens is 358 g/mol. The summed E-state index contributed by atoms with van der Waals surface area (Å²) in [5, 5.41) is 14.4. The van der Waals surface area contributed by atoms with Gasteiger partial charge in [-0.2, -0.15) is 5.10 Å². The Labute approximate surface area is 161 Å². The van der Waals surface area contributed by atoms with E-state index in [2.05, 4.69) is 10.5 Å². The Morgan fingerprint density at radius 1 is 0.964 bits per heavy atom. The van der Waals surface area contributed by atoms with Crippen LogP contribution in [0.2, 0.25) is 0 Å². The van der Waals surface area contributed by atoms with Gasteiger partial charge in [0.1, 0.15) is 5.75 Å². The van der Waals surface area contributed by atoms with Gasteiger partial charge >= 0.3 is 0 Å². The van der Waals surface area contributed by atoms with Crippen molar-refractivity contribution in [1.29, 1.82) is 0 Å². The summed E-state index contributed by atoms with van der Waals surface area (Å²) < 4.78 is 5.44. The number of carbonyl (C=O) groups excluding carboxylic acids is 1. The lowest BCUT2D eigenvalue weighted by Gasteiger charge is -2.06. The zero-order valence-corrected chi connectivity index (χ0v) is 14.8. The van der Waals surface area contributed by atoms with Crippen LogP contribution in [0.1, 0.15) is 5.56 Å². The summed E-state index contributed by atoms with van der Waals surface area (Å²) in [4.78, 5) is 21.9. The molecule has 0 saturated heterocycles. The first-order valence-electron chi connectivity index (χ1n) is 8.46. The van der Waals surface area contributed by atoms with Gasteiger partial charge in [0.05, 0.1) is 11.1 Å². The van der Waals surface area contributed by atoms with Crippen molar-refractivity contribution in [3.8, 4) is 16.9 Å².